The average molecular weight is 347 g/mol. The van der Waals surface area contributed by atoms with Gasteiger partial charge in [0.15, 0.2) is 0 Å². The van der Waals surface area contributed by atoms with Gasteiger partial charge in [-0.05, 0) is 20.5 Å². The van der Waals surface area contributed by atoms with Crippen molar-refractivity contribution < 1.29 is 46.5 Å². The molecule has 0 unspecified atom stereocenters. The molecule has 0 aromatic heterocycles. The SMILES string of the molecule is C1=CCC=C1.CN(C)[Si](C)C.[CH3-].[CH3-].[CH3-].[CH3-].[Cl-].[Cl-].[Ti+2]. The van der Waals surface area contributed by atoms with Crippen LogP contribution in [0.15, 0.2) is 24.3 Å². The van der Waals surface area contributed by atoms with Gasteiger partial charge in [0.05, 0.1) is 0 Å². The minimum Gasteiger partial charge on any atom is -1.00 e. The first kappa shape index (κ1) is 50.9. The maximum atomic E-state index is 2.27. The summed E-state index contributed by atoms with van der Waals surface area (Å²) in [7, 11) is 4.12. The molecule has 0 bridgehead atoms. The summed E-state index contributed by atoms with van der Waals surface area (Å²) in [6.07, 6.45) is 9.50. The zero-order chi connectivity index (χ0) is 8.69. The van der Waals surface area contributed by atoms with Gasteiger partial charge in [-0.3, -0.25) is 0 Å². The molecule has 0 saturated heterocycles. The third kappa shape index (κ3) is 43.6. The molecular weight excluding hydrogens is 317 g/mol. The summed E-state index contributed by atoms with van der Waals surface area (Å²) < 4.78 is 2.27. The van der Waals surface area contributed by atoms with Crippen LogP contribution < -0.4 is 24.8 Å². The summed E-state index contributed by atoms with van der Waals surface area (Å²) in [5.74, 6) is 0. The van der Waals surface area contributed by atoms with E-state index in [0.717, 1.165) is 6.42 Å². The molecule has 1 radical (unpaired) electrons. The average Bonchev–Trinajstić information content (AvgIpc) is 2.41. The molecule has 0 fully saturated rings. The van der Waals surface area contributed by atoms with E-state index in [0.29, 0.717) is 0 Å². The van der Waals surface area contributed by atoms with Crippen LogP contribution in [-0.2, 0) is 21.7 Å². The Morgan fingerprint density at radius 1 is 0.833 bits per heavy atom. The van der Waals surface area contributed by atoms with Crippen LogP contribution in [0, 0.1) is 29.7 Å². The first-order valence-electron chi connectivity index (χ1n) is 3.93. The molecule has 0 atom stereocenters. The summed E-state index contributed by atoms with van der Waals surface area (Å²) in [5, 5.41) is 0. The maximum Gasteiger partial charge on any atom is 2.00 e. The zero-order valence-electron chi connectivity index (χ0n) is 13.2. The second-order valence-electron chi connectivity index (χ2n) is 2.93. The molecule has 0 aromatic rings. The smallest absolute Gasteiger partial charge is 1.00 e. The maximum absolute atomic E-state index is 2.27. The predicted molar refractivity (Wildman–Crippen MR) is 79.7 cm³/mol. The van der Waals surface area contributed by atoms with Crippen molar-refractivity contribution in [3.63, 3.8) is 0 Å². The van der Waals surface area contributed by atoms with E-state index in [1.165, 1.54) is 0 Å². The van der Waals surface area contributed by atoms with Crippen molar-refractivity contribution in [2.75, 3.05) is 14.1 Å². The number of nitrogens with zero attached hydrogens (tertiary/aromatic N) is 1. The first-order chi connectivity index (χ1) is 5.14. The van der Waals surface area contributed by atoms with Crippen LogP contribution >= 0.6 is 0 Å². The van der Waals surface area contributed by atoms with E-state index in [2.05, 4.69) is 56.1 Å². The van der Waals surface area contributed by atoms with Crippen molar-refractivity contribution in [1.29, 1.82) is 0 Å². The quantitative estimate of drug-likeness (QED) is 0.396. The van der Waals surface area contributed by atoms with Crippen LogP contribution in [-0.4, -0.2) is 27.6 Å². The summed E-state index contributed by atoms with van der Waals surface area (Å²) in [6.45, 7) is 4.54. The molecule has 113 valence electrons. The first-order valence-corrected chi connectivity index (χ1v) is 6.38. The fraction of sp³-hybridized carbons (Fsp3) is 0.385. The van der Waals surface area contributed by atoms with Crippen molar-refractivity contribution in [3.05, 3.63) is 54.0 Å². The van der Waals surface area contributed by atoms with E-state index in [1.54, 1.807) is 0 Å². The Morgan fingerprint density at radius 3 is 1.11 bits per heavy atom. The second kappa shape index (κ2) is 36.1. The number of hydrogen-bond acceptors (Lipinski definition) is 1. The largest absolute Gasteiger partial charge is 2.00 e. The topological polar surface area (TPSA) is 3.24 Å². The number of halogens is 2. The Kier molecular flexibility index (Phi) is 102. The molecule has 1 aliphatic carbocycles. The van der Waals surface area contributed by atoms with Gasteiger partial charge < -0.3 is 59.1 Å². The molecule has 1 nitrogen and oxygen atoms in total. The summed E-state index contributed by atoms with van der Waals surface area (Å²) in [6, 6.07) is 0. The van der Waals surface area contributed by atoms with E-state index >= 15 is 0 Å². The predicted octanol–water partition coefficient (Wildman–Crippen LogP) is -1.89. The van der Waals surface area contributed by atoms with E-state index in [1.807, 2.05) is 0 Å². The summed E-state index contributed by atoms with van der Waals surface area (Å²) in [5.41, 5.74) is 0. The Bertz CT molecular complexity index is 136. The molecule has 0 amide bonds. The third-order valence-corrected chi connectivity index (χ3v) is 3.34. The van der Waals surface area contributed by atoms with E-state index < -0.39 is 0 Å². The van der Waals surface area contributed by atoms with E-state index in [9.17, 15) is 0 Å². The molecule has 18 heavy (non-hydrogen) atoms. The van der Waals surface area contributed by atoms with Crippen LogP contribution in [0.4, 0.5) is 0 Å². The van der Waals surface area contributed by atoms with Crippen LogP contribution in [0.1, 0.15) is 6.42 Å². The summed E-state index contributed by atoms with van der Waals surface area (Å²) >= 11 is 0. The van der Waals surface area contributed by atoms with Crippen molar-refractivity contribution in [3.8, 4) is 0 Å². The van der Waals surface area contributed by atoms with Gasteiger partial charge in [-0.25, -0.2) is 0 Å². The Balaban J connectivity index is -0.0000000134. The van der Waals surface area contributed by atoms with Crippen molar-refractivity contribution in [2.45, 2.75) is 19.5 Å². The number of allylic oxidation sites excluding steroid dienone is 4. The van der Waals surface area contributed by atoms with Crippen molar-refractivity contribution in [1.82, 2.24) is 4.57 Å². The minimum atomic E-state index is -0.118. The number of hydrogen-bond donors (Lipinski definition) is 0. The van der Waals surface area contributed by atoms with Crippen molar-refractivity contribution >= 4 is 8.96 Å². The molecule has 1 rings (SSSR count). The molecular formula is C13H30Cl2NSiTi-4. The molecule has 0 aromatic carbocycles. The molecule has 5 heteroatoms. The zero-order valence-corrected chi connectivity index (χ0v) is 17.3. The molecule has 0 saturated carbocycles. The fourth-order valence-electron chi connectivity index (χ4n) is 0.393. The van der Waals surface area contributed by atoms with Gasteiger partial charge in [-0.15, -0.1) is 0 Å². The monoisotopic (exact) mass is 346 g/mol. The van der Waals surface area contributed by atoms with Crippen LogP contribution in [0.3, 0.4) is 0 Å². The standard InChI is InChI=1S/C5H6.C4H12NSi.4CH3.2ClH.Ti/c1-2-4-5-3-1;1-5(2)6(3)4;;;;;;;/h1-4H,5H2;1-4H3;4*1H3;2*1H;/q;;4*-1;;;+2/p-2. The van der Waals surface area contributed by atoms with Gasteiger partial charge in [0.2, 0.25) is 0 Å². The Hall–Kier alpha value is 0.951. The van der Waals surface area contributed by atoms with E-state index in [4.69, 9.17) is 0 Å². The fourth-order valence-corrected chi connectivity index (χ4v) is 0.393. The molecule has 1 aliphatic rings. The van der Waals surface area contributed by atoms with Gasteiger partial charge >= 0.3 is 21.7 Å². The second-order valence-corrected chi connectivity index (χ2v) is 5.72. The van der Waals surface area contributed by atoms with Gasteiger partial charge in [0.1, 0.15) is 8.96 Å². The Labute approximate surface area is 147 Å². The van der Waals surface area contributed by atoms with E-state index in [-0.39, 0.29) is 85.2 Å². The van der Waals surface area contributed by atoms with Crippen LogP contribution in [0.25, 0.3) is 0 Å². The van der Waals surface area contributed by atoms with Gasteiger partial charge in [0.25, 0.3) is 0 Å². The van der Waals surface area contributed by atoms with Gasteiger partial charge in [-0.1, -0.05) is 37.4 Å². The third-order valence-electron chi connectivity index (χ3n) is 1.55. The normalized spacial score (nSPS) is 8.56. The van der Waals surface area contributed by atoms with Crippen molar-refractivity contribution in [2.24, 2.45) is 0 Å². The molecule has 0 N–H and O–H groups in total. The Morgan fingerprint density at radius 2 is 1.06 bits per heavy atom. The number of rotatable bonds is 1. The van der Waals surface area contributed by atoms with Crippen LogP contribution in [0.2, 0.25) is 13.1 Å². The minimum absolute atomic E-state index is 0. The molecule has 0 spiro atoms. The molecule has 0 heterocycles. The molecule has 0 aliphatic heterocycles. The van der Waals surface area contributed by atoms with Gasteiger partial charge in [0, 0.05) is 0 Å². The van der Waals surface area contributed by atoms with Crippen LogP contribution in [0.5, 0.6) is 0 Å². The van der Waals surface area contributed by atoms with Gasteiger partial charge in [-0.2, -0.15) is 0 Å². The summed E-state index contributed by atoms with van der Waals surface area (Å²) in [4.78, 5) is 0.